The third kappa shape index (κ3) is 4.79. The number of nitrogens with one attached hydrogen (secondary N) is 1. The first-order valence-corrected chi connectivity index (χ1v) is 11.9. The molecule has 27 heavy (non-hydrogen) atoms. The standard InChI is InChI=1S/C21H29N3OS2/c1-15-22-18(14-27-15)13-24-10-8-17(9-11-24)21(25)23-20(16-5-2-3-6-16)19-7-4-12-26-19/h4,7,12,14,16-17,20H,2-3,5-6,8-11,13H2,1H3,(H,23,25). The zero-order valence-electron chi connectivity index (χ0n) is 16.0. The lowest BCUT2D eigenvalue weighted by atomic mass is 9.92. The minimum Gasteiger partial charge on any atom is -0.348 e. The first-order valence-electron chi connectivity index (χ1n) is 10.2. The Kier molecular flexibility index (Phi) is 6.25. The summed E-state index contributed by atoms with van der Waals surface area (Å²) in [6.45, 7) is 4.95. The maximum atomic E-state index is 13.0. The molecule has 2 aliphatic rings. The fourth-order valence-electron chi connectivity index (χ4n) is 4.51. The molecule has 4 nitrogen and oxygen atoms in total. The number of aryl methyl sites for hydroxylation is 1. The van der Waals surface area contributed by atoms with E-state index in [9.17, 15) is 4.79 Å². The fraction of sp³-hybridized carbons (Fsp3) is 0.619. The van der Waals surface area contributed by atoms with Crippen molar-refractivity contribution in [3.63, 3.8) is 0 Å². The second-order valence-electron chi connectivity index (χ2n) is 7.95. The van der Waals surface area contributed by atoms with Gasteiger partial charge >= 0.3 is 0 Å². The van der Waals surface area contributed by atoms with Gasteiger partial charge in [-0.1, -0.05) is 18.9 Å². The molecule has 2 aromatic rings. The Balaban J connectivity index is 1.31. The third-order valence-corrected chi connectivity index (χ3v) is 7.81. The molecule has 3 heterocycles. The Bertz CT molecular complexity index is 728. The number of thiazole rings is 1. The number of aromatic nitrogens is 1. The van der Waals surface area contributed by atoms with Crippen LogP contribution in [0.15, 0.2) is 22.9 Å². The SMILES string of the molecule is Cc1nc(CN2CCC(C(=O)NC(c3cccs3)C3CCCC3)CC2)cs1. The van der Waals surface area contributed by atoms with E-state index in [1.165, 1.54) is 36.3 Å². The lowest BCUT2D eigenvalue weighted by Crippen LogP contribution is -2.42. The van der Waals surface area contributed by atoms with Gasteiger partial charge in [-0.2, -0.15) is 0 Å². The molecule has 0 bridgehead atoms. The predicted octanol–water partition coefficient (Wildman–Crippen LogP) is 4.77. The van der Waals surface area contributed by atoms with Gasteiger partial charge in [0.2, 0.25) is 5.91 Å². The van der Waals surface area contributed by atoms with Gasteiger partial charge in [-0.15, -0.1) is 22.7 Å². The van der Waals surface area contributed by atoms with Gasteiger partial charge in [-0.3, -0.25) is 9.69 Å². The number of carbonyl (C=O) groups excluding carboxylic acids is 1. The van der Waals surface area contributed by atoms with Crippen molar-refractivity contribution < 1.29 is 4.79 Å². The van der Waals surface area contributed by atoms with Crippen molar-refractivity contribution in [1.29, 1.82) is 0 Å². The van der Waals surface area contributed by atoms with E-state index in [2.05, 4.69) is 45.0 Å². The molecule has 0 aromatic carbocycles. The highest BCUT2D eigenvalue weighted by Gasteiger charge is 2.32. The number of nitrogens with zero attached hydrogens (tertiary/aromatic N) is 2. The van der Waals surface area contributed by atoms with Crippen LogP contribution in [-0.4, -0.2) is 28.9 Å². The first-order chi connectivity index (χ1) is 13.2. The molecule has 1 atom stereocenters. The van der Waals surface area contributed by atoms with Crippen LogP contribution in [0.1, 0.15) is 60.1 Å². The monoisotopic (exact) mass is 403 g/mol. The summed E-state index contributed by atoms with van der Waals surface area (Å²) in [6, 6.07) is 4.51. The average Bonchev–Trinajstić information content (AvgIpc) is 3.44. The van der Waals surface area contributed by atoms with Crippen molar-refractivity contribution in [2.24, 2.45) is 11.8 Å². The Hall–Kier alpha value is -1.24. The van der Waals surface area contributed by atoms with Gasteiger partial charge in [-0.05, 0) is 63.1 Å². The molecule has 1 aliphatic heterocycles. The lowest BCUT2D eigenvalue weighted by Gasteiger charge is -2.32. The van der Waals surface area contributed by atoms with Crippen LogP contribution in [0.3, 0.4) is 0 Å². The van der Waals surface area contributed by atoms with E-state index in [1.807, 2.05) is 0 Å². The number of hydrogen-bond donors (Lipinski definition) is 1. The highest BCUT2D eigenvalue weighted by Crippen LogP contribution is 2.37. The van der Waals surface area contributed by atoms with Crippen LogP contribution >= 0.6 is 22.7 Å². The van der Waals surface area contributed by atoms with E-state index in [-0.39, 0.29) is 17.9 Å². The maximum absolute atomic E-state index is 13.0. The molecule has 1 aliphatic carbocycles. The molecule has 1 unspecified atom stereocenters. The highest BCUT2D eigenvalue weighted by molar-refractivity contribution is 7.10. The van der Waals surface area contributed by atoms with E-state index < -0.39 is 0 Å². The smallest absolute Gasteiger partial charge is 0.223 e. The molecule has 0 radical (unpaired) electrons. The first kappa shape index (κ1) is 19.1. The number of piperidine rings is 1. The summed E-state index contributed by atoms with van der Waals surface area (Å²) in [6.07, 6.45) is 7.00. The van der Waals surface area contributed by atoms with Crippen molar-refractivity contribution in [3.05, 3.63) is 38.5 Å². The molecule has 146 valence electrons. The van der Waals surface area contributed by atoms with E-state index in [0.717, 1.165) is 37.5 Å². The fourth-order valence-corrected chi connectivity index (χ4v) is 5.99. The summed E-state index contributed by atoms with van der Waals surface area (Å²) in [5, 5.41) is 8.85. The van der Waals surface area contributed by atoms with Gasteiger partial charge < -0.3 is 5.32 Å². The summed E-state index contributed by atoms with van der Waals surface area (Å²) in [5.74, 6) is 1.03. The van der Waals surface area contributed by atoms with E-state index in [0.29, 0.717) is 5.92 Å². The number of amides is 1. The second kappa shape index (κ2) is 8.84. The van der Waals surface area contributed by atoms with Crippen molar-refractivity contribution in [2.75, 3.05) is 13.1 Å². The second-order valence-corrected chi connectivity index (χ2v) is 10.00. The molecule has 1 amide bonds. The highest BCUT2D eigenvalue weighted by atomic mass is 32.1. The van der Waals surface area contributed by atoms with Crippen LogP contribution in [0.4, 0.5) is 0 Å². The molecule has 2 fully saturated rings. The maximum Gasteiger partial charge on any atom is 0.223 e. The van der Waals surface area contributed by atoms with Gasteiger partial charge in [0.15, 0.2) is 0 Å². The van der Waals surface area contributed by atoms with Crippen molar-refractivity contribution >= 4 is 28.6 Å². The van der Waals surface area contributed by atoms with Gasteiger partial charge in [0, 0.05) is 22.7 Å². The molecule has 1 N–H and O–H groups in total. The van der Waals surface area contributed by atoms with Crippen molar-refractivity contribution in [1.82, 2.24) is 15.2 Å². The van der Waals surface area contributed by atoms with Crippen LogP contribution in [0, 0.1) is 18.8 Å². The number of thiophene rings is 1. The molecule has 4 rings (SSSR count). The summed E-state index contributed by atoms with van der Waals surface area (Å²) in [7, 11) is 0. The Labute approximate surface area is 170 Å². The number of hydrogen-bond acceptors (Lipinski definition) is 5. The van der Waals surface area contributed by atoms with Gasteiger partial charge in [0.25, 0.3) is 0 Å². The quantitative estimate of drug-likeness (QED) is 0.755. The van der Waals surface area contributed by atoms with E-state index in [4.69, 9.17) is 0 Å². The average molecular weight is 404 g/mol. The van der Waals surface area contributed by atoms with Gasteiger partial charge in [-0.25, -0.2) is 4.98 Å². The van der Waals surface area contributed by atoms with Crippen LogP contribution < -0.4 is 5.32 Å². The minimum atomic E-state index is 0.155. The molecular weight excluding hydrogens is 374 g/mol. The normalized spacial score (nSPS) is 20.8. The molecule has 6 heteroatoms. The van der Waals surface area contributed by atoms with Crippen LogP contribution in [0.2, 0.25) is 0 Å². The molecule has 2 aromatic heterocycles. The molecule has 1 saturated carbocycles. The topological polar surface area (TPSA) is 45.2 Å². The summed E-state index contributed by atoms with van der Waals surface area (Å²) < 4.78 is 0. The predicted molar refractivity (Wildman–Crippen MR) is 112 cm³/mol. The van der Waals surface area contributed by atoms with Crippen molar-refractivity contribution in [2.45, 2.75) is 58.0 Å². The van der Waals surface area contributed by atoms with Gasteiger partial charge in [0.05, 0.1) is 16.7 Å². The zero-order chi connectivity index (χ0) is 18.6. The van der Waals surface area contributed by atoms with Crippen LogP contribution in [0.5, 0.6) is 0 Å². The number of likely N-dealkylation sites (tertiary alicyclic amines) is 1. The van der Waals surface area contributed by atoms with Crippen molar-refractivity contribution in [3.8, 4) is 0 Å². The number of rotatable bonds is 6. The summed E-state index contributed by atoms with van der Waals surface area (Å²) in [5.41, 5.74) is 1.17. The van der Waals surface area contributed by atoms with Crippen LogP contribution in [-0.2, 0) is 11.3 Å². The zero-order valence-corrected chi connectivity index (χ0v) is 17.7. The van der Waals surface area contributed by atoms with Gasteiger partial charge in [0.1, 0.15) is 0 Å². The lowest BCUT2D eigenvalue weighted by molar-refractivity contribution is -0.127. The van der Waals surface area contributed by atoms with E-state index >= 15 is 0 Å². The molecule has 0 spiro atoms. The molecular formula is C21H29N3OS2. The largest absolute Gasteiger partial charge is 0.348 e. The van der Waals surface area contributed by atoms with E-state index in [1.54, 1.807) is 22.7 Å². The minimum absolute atomic E-state index is 0.155. The Morgan fingerprint density at radius 1 is 1.26 bits per heavy atom. The third-order valence-electron chi connectivity index (χ3n) is 6.03. The Morgan fingerprint density at radius 2 is 2.04 bits per heavy atom. The number of carbonyl (C=O) groups is 1. The van der Waals surface area contributed by atoms with Crippen LogP contribution in [0.25, 0.3) is 0 Å². The summed E-state index contributed by atoms with van der Waals surface area (Å²) >= 11 is 3.50. The summed E-state index contributed by atoms with van der Waals surface area (Å²) in [4.78, 5) is 21.3. The molecule has 1 saturated heterocycles. The Morgan fingerprint density at radius 3 is 2.67 bits per heavy atom.